The lowest BCUT2D eigenvalue weighted by Gasteiger charge is -2.18. The fourth-order valence-electron chi connectivity index (χ4n) is 2.93. The van der Waals surface area contributed by atoms with E-state index in [4.69, 9.17) is 5.73 Å². The van der Waals surface area contributed by atoms with Gasteiger partial charge in [-0.25, -0.2) is 0 Å². The lowest BCUT2D eigenvalue weighted by Crippen LogP contribution is -2.30. The molecule has 108 valence electrons. The van der Waals surface area contributed by atoms with Crippen LogP contribution in [0.1, 0.15) is 28.3 Å². The smallest absolute Gasteiger partial charge is 0.258 e. The van der Waals surface area contributed by atoms with Crippen molar-refractivity contribution in [3.63, 3.8) is 0 Å². The van der Waals surface area contributed by atoms with Crippen molar-refractivity contribution in [2.45, 2.75) is 12.3 Å². The molecule has 0 fully saturated rings. The summed E-state index contributed by atoms with van der Waals surface area (Å²) in [5, 5.41) is 9.55. The highest BCUT2D eigenvalue weighted by Crippen LogP contribution is 2.38. The van der Waals surface area contributed by atoms with E-state index in [0.717, 1.165) is 12.1 Å². The van der Waals surface area contributed by atoms with E-state index in [1.54, 1.807) is 23.1 Å². The number of carbonyl (C=O) groups is 1. The van der Waals surface area contributed by atoms with Gasteiger partial charge in [0, 0.05) is 23.7 Å². The Morgan fingerprint density at radius 3 is 2.81 bits per heavy atom. The Bertz CT molecular complexity index is 669. The molecule has 0 aromatic heterocycles. The van der Waals surface area contributed by atoms with Gasteiger partial charge < -0.3 is 15.7 Å². The summed E-state index contributed by atoms with van der Waals surface area (Å²) >= 11 is 0. The molecule has 3 rings (SSSR count). The molecule has 3 N–H and O–H groups in total. The zero-order valence-electron chi connectivity index (χ0n) is 11.7. The third-order valence-electron chi connectivity index (χ3n) is 3.92. The van der Waals surface area contributed by atoms with Gasteiger partial charge in [0.15, 0.2) is 0 Å². The quantitative estimate of drug-likeness (QED) is 0.909. The number of phenolic OH excluding ortho intramolecular Hbond substituents is 1. The van der Waals surface area contributed by atoms with E-state index >= 15 is 0 Å². The number of nitrogens with zero attached hydrogens (tertiary/aromatic N) is 1. The number of anilines is 1. The first kappa shape index (κ1) is 13.6. The van der Waals surface area contributed by atoms with Crippen molar-refractivity contribution in [1.29, 1.82) is 0 Å². The summed E-state index contributed by atoms with van der Waals surface area (Å²) < 4.78 is 0. The zero-order valence-corrected chi connectivity index (χ0v) is 11.7. The van der Waals surface area contributed by atoms with Crippen molar-refractivity contribution in [2.75, 3.05) is 18.0 Å². The van der Waals surface area contributed by atoms with Crippen LogP contribution in [0.25, 0.3) is 0 Å². The molecular formula is C17H18N2O2. The highest BCUT2D eigenvalue weighted by Gasteiger charge is 2.32. The fourth-order valence-corrected chi connectivity index (χ4v) is 2.93. The second kappa shape index (κ2) is 5.58. The maximum absolute atomic E-state index is 12.7. The van der Waals surface area contributed by atoms with Crippen LogP contribution in [0.4, 0.5) is 5.69 Å². The van der Waals surface area contributed by atoms with E-state index < -0.39 is 0 Å². The van der Waals surface area contributed by atoms with Crippen LogP contribution < -0.4 is 10.6 Å². The molecule has 21 heavy (non-hydrogen) atoms. The molecule has 1 aliphatic heterocycles. The lowest BCUT2D eigenvalue weighted by atomic mass is 9.98. The first-order chi connectivity index (χ1) is 10.2. The lowest BCUT2D eigenvalue weighted by molar-refractivity contribution is 0.0987. The van der Waals surface area contributed by atoms with Crippen LogP contribution in [0, 0.1) is 0 Å². The Balaban J connectivity index is 1.95. The molecule has 0 saturated heterocycles. The van der Waals surface area contributed by atoms with Crippen molar-refractivity contribution in [3.8, 4) is 5.75 Å². The number of amides is 1. The van der Waals surface area contributed by atoms with E-state index in [9.17, 15) is 9.90 Å². The van der Waals surface area contributed by atoms with Gasteiger partial charge in [-0.1, -0.05) is 24.3 Å². The second-order valence-corrected chi connectivity index (χ2v) is 5.30. The van der Waals surface area contributed by atoms with Crippen molar-refractivity contribution in [1.82, 2.24) is 0 Å². The predicted molar refractivity (Wildman–Crippen MR) is 82.6 cm³/mol. The minimum absolute atomic E-state index is 0.0853. The van der Waals surface area contributed by atoms with Crippen LogP contribution in [-0.4, -0.2) is 24.1 Å². The Hall–Kier alpha value is -2.33. The number of carbonyl (C=O) groups excluding carboxylic acids is 1. The van der Waals surface area contributed by atoms with Crippen LogP contribution in [0.5, 0.6) is 5.75 Å². The number of fused-ring (bicyclic) bond motifs is 1. The Morgan fingerprint density at radius 1 is 1.24 bits per heavy atom. The van der Waals surface area contributed by atoms with Crippen LogP contribution in [-0.2, 0) is 0 Å². The monoisotopic (exact) mass is 282 g/mol. The summed E-state index contributed by atoms with van der Waals surface area (Å²) in [5.74, 6) is 0.303. The van der Waals surface area contributed by atoms with Crippen LogP contribution in [0.3, 0.4) is 0 Å². The van der Waals surface area contributed by atoms with Crippen LogP contribution in [0.2, 0.25) is 0 Å². The Kier molecular flexibility index (Phi) is 3.62. The van der Waals surface area contributed by atoms with Gasteiger partial charge >= 0.3 is 0 Å². The van der Waals surface area contributed by atoms with Gasteiger partial charge in [-0.15, -0.1) is 0 Å². The average molecular weight is 282 g/mol. The Morgan fingerprint density at radius 2 is 2.05 bits per heavy atom. The van der Waals surface area contributed by atoms with E-state index in [2.05, 4.69) is 6.07 Å². The average Bonchev–Trinajstić information content (AvgIpc) is 2.86. The predicted octanol–water partition coefficient (Wildman–Crippen LogP) is 2.49. The molecule has 4 heteroatoms. The first-order valence-electron chi connectivity index (χ1n) is 7.10. The molecule has 0 saturated carbocycles. The third kappa shape index (κ3) is 2.50. The molecule has 0 bridgehead atoms. The summed E-state index contributed by atoms with van der Waals surface area (Å²) in [6.07, 6.45) is 0.862. The number of benzene rings is 2. The summed E-state index contributed by atoms with van der Waals surface area (Å²) in [6.45, 7) is 1.25. The van der Waals surface area contributed by atoms with Crippen molar-refractivity contribution >= 4 is 11.6 Å². The molecule has 1 unspecified atom stereocenters. The number of nitrogens with two attached hydrogens (primary N) is 1. The van der Waals surface area contributed by atoms with Crippen LogP contribution in [0.15, 0.2) is 48.5 Å². The standard InChI is InChI=1S/C17H18N2O2/c18-9-8-13-11-19(16-7-2-1-6-15(13)16)17(21)12-4-3-5-14(20)10-12/h1-7,10,13,20H,8-9,11,18H2. The van der Waals surface area contributed by atoms with Crippen molar-refractivity contribution in [3.05, 3.63) is 59.7 Å². The molecule has 2 aromatic carbocycles. The van der Waals surface area contributed by atoms with Crippen LogP contribution >= 0.6 is 0 Å². The zero-order chi connectivity index (χ0) is 14.8. The van der Waals surface area contributed by atoms with Gasteiger partial charge in [0.2, 0.25) is 0 Å². The molecule has 0 radical (unpaired) electrons. The van der Waals surface area contributed by atoms with Gasteiger partial charge in [-0.2, -0.15) is 0 Å². The number of aromatic hydroxyl groups is 1. The van der Waals surface area contributed by atoms with Gasteiger partial charge in [0.05, 0.1) is 0 Å². The molecular weight excluding hydrogens is 264 g/mol. The summed E-state index contributed by atoms with van der Waals surface area (Å²) in [6, 6.07) is 14.4. The SMILES string of the molecule is NCCC1CN(C(=O)c2cccc(O)c2)c2ccccc21. The Labute approximate surface area is 123 Å². The molecule has 0 aliphatic carbocycles. The topological polar surface area (TPSA) is 66.6 Å². The van der Waals surface area contributed by atoms with Gasteiger partial charge in [-0.05, 0) is 42.8 Å². The van der Waals surface area contributed by atoms with Crippen molar-refractivity contribution < 1.29 is 9.90 Å². The van der Waals surface area contributed by atoms with E-state index in [1.807, 2.05) is 18.2 Å². The van der Waals surface area contributed by atoms with E-state index in [0.29, 0.717) is 18.7 Å². The third-order valence-corrected chi connectivity index (χ3v) is 3.92. The maximum Gasteiger partial charge on any atom is 0.258 e. The van der Waals surface area contributed by atoms with E-state index in [1.165, 1.54) is 11.6 Å². The summed E-state index contributed by atoms with van der Waals surface area (Å²) in [4.78, 5) is 14.5. The van der Waals surface area contributed by atoms with E-state index in [-0.39, 0.29) is 17.6 Å². The normalized spacial score (nSPS) is 16.8. The van der Waals surface area contributed by atoms with Gasteiger partial charge in [-0.3, -0.25) is 4.79 Å². The summed E-state index contributed by atoms with van der Waals surface area (Å²) in [7, 11) is 0. The minimum atomic E-state index is -0.0853. The largest absolute Gasteiger partial charge is 0.508 e. The highest BCUT2D eigenvalue weighted by molar-refractivity contribution is 6.07. The number of rotatable bonds is 3. The van der Waals surface area contributed by atoms with Gasteiger partial charge in [0.1, 0.15) is 5.75 Å². The summed E-state index contributed by atoms with van der Waals surface area (Å²) in [5.41, 5.74) is 8.31. The maximum atomic E-state index is 12.7. The second-order valence-electron chi connectivity index (χ2n) is 5.30. The molecule has 1 atom stereocenters. The fraction of sp³-hybridized carbons (Fsp3) is 0.235. The molecule has 1 heterocycles. The molecule has 0 spiro atoms. The molecule has 4 nitrogen and oxygen atoms in total. The molecule has 2 aromatic rings. The number of hydrogen-bond acceptors (Lipinski definition) is 3. The van der Waals surface area contributed by atoms with Crippen molar-refractivity contribution in [2.24, 2.45) is 5.73 Å². The molecule has 1 aliphatic rings. The molecule has 1 amide bonds. The highest BCUT2D eigenvalue weighted by atomic mass is 16.3. The first-order valence-corrected chi connectivity index (χ1v) is 7.10. The number of phenols is 1. The minimum Gasteiger partial charge on any atom is -0.508 e. The van der Waals surface area contributed by atoms with Gasteiger partial charge in [0.25, 0.3) is 5.91 Å². The number of hydrogen-bond donors (Lipinski definition) is 2. The number of para-hydroxylation sites is 1.